The van der Waals surface area contributed by atoms with Crippen LogP contribution in [0.5, 0.6) is 0 Å². The predicted molar refractivity (Wildman–Crippen MR) is 117 cm³/mol. The van der Waals surface area contributed by atoms with Gasteiger partial charge in [0, 0.05) is 65.4 Å². The highest BCUT2D eigenvalue weighted by atomic mass is 32.1. The van der Waals surface area contributed by atoms with Crippen molar-refractivity contribution >= 4 is 30.2 Å². The van der Waals surface area contributed by atoms with Crippen LogP contribution in [0.1, 0.15) is 47.5 Å². The van der Waals surface area contributed by atoms with E-state index in [0.29, 0.717) is 32.3 Å². The molecule has 0 aliphatic rings. The van der Waals surface area contributed by atoms with Crippen molar-refractivity contribution in [3.05, 3.63) is 5.75 Å². The third-order valence-electron chi connectivity index (χ3n) is 3.23. The van der Waals surface area contributed by atoms with Gasteiger partial charge in [-0.1, -0.05) is 13.8 Å². The monoisotopic (exact) mass is 442 g/mol. The first kappa shape index (κ1) is 31.7. The SMILES string of the molecule is CCO[Si](CC)(OCC)OCC.CO[Si](CCCC#N)(OC)OC.C[CH]S. The van der Waals surface area contributed by atoms with Gasteiger partial charge >= 0.3 is 17.6 Å². The van der Waals surface area contributed by atoms with E-state index in [4.69, 9.17) is 31.8 Å². The quantitative estimate of drug-likeness (QED) is 0.258. The smallest absolute Gasteiger partial charge is 0.377 e. The van der Waals surface area contributed by atoms with Gasteiger partial charge in [-0.25, -0.2) is 0 Å². The summed E-state index contributed by atoms with van der Waals surface area (Å²) in [6, 6.07) is 3.62. The Morgan fingerprint density at radius 3 is 1.44 bits per heavy atom. The van der Waals surface area contributed by atoms with Crippen molar-refractivity contribution in [1.82, 2.24) is 0 Å². The summed E-state index contributed by atoms with van der Waals surface area (Å²) in [5, 5.41) is 8.32. The van der Waals surface area contributed by atoms with Crippen LogP contribution in [-0.2, 0) is 26.6 Å². The lowest BCUT2D eigenvalue weighted by molar-refractivity contribution is 0.0725. The summed E-state index contributed by atoms with van der Waals surface area (Å²) in [6.45, 7) is 11.8. The van der Waals surface area contributed by atoms with Crippen LogP contribution in [0.4, 0.5) is 0 Å². The third kappa shape index (κ3) is 16.7. The van der Waals surface area contributed by atoms with E-state index >= 15 is 0 Å². The van der Waals surface area contributed by atoms with E-state index < -0.39 is 17.6 Å². The van der Waals surface area contributed by atoms with Gasteiger partial charge in [0.05, 0.1) is 6.07 Å². The maximum atomic E-state index is 8.32. The molecule has 0 spiro atoms. The number of thiol groups is 1. The highest BCUT2D eigenvalue weighted by Gasteiger charge is 2.38. The van der Waals surface area contributed by atoms with Crippen LogP contribution in [0.15, 0.2) is 0 Å². The van der Waals surface area contributed by atoms with Crippen LogP contribution in [-0.4, -0.2) is 58.8 Å². The van der Waals surface area contributed by atoms with E-state index in [2.05, 4.69) is 18.7 Å². The molecular weight excluding hydrogens is 402 g/mol. The van der Waals surface area contributed by atoms with Crippen LogP contribution in [0.3, 0.4) is 0 Å². The van der Waals surface area contributed by atoms with Crippen molar-refractivity contribution in [2.75, 3.05) is 41.2 Å². The number of hydrogen-bond acceptors (Lipinski definition) is 8. The van der Waals surface area contributed by atoms with Gasteiger partial charge in [-0.3, -0.25) is 0 Å². The average Bonchev–Trinajstić information content (AvgIpc) is 2.67. The highest BCUT2D eigenvalue weighted by Crippen LogP contribution is 2.16. The second-order valence-corrected chi connectivity index (χ2v) is 11.4. The molecule has 0 fully saturated rings. The number of unbranched alkanes of at least 4 members (excludes halogenated alkanes) is 1. The molecule has 1 radical (unpaired) electrons. The fourth-order valence-corrected chi connectivity index (χ4v) is 5.94. The van der Waals surface area contributed by atoms with E-state index in [9.17, 15) is 0 Å². The Kier molecular flexibility index (Phi) is 26.2. The summed E-state index contributed by atoms with van der Waals surface area (Å²) in [6.07, 6.45) is 1.28. The molecule has 0 unspecified atom stereocenters. The topological polar surface area (TPSA) is 79.2 Å². The van der Waals surface area contributed by atoms with Gasteiger partial charge < -0.3 is 26.6 Å². The standard InChI is InChI=1S/C8H20O3Si.C7H15NO3Si.C2H5S/c1-5-9-12(8-4,10-6-2)11-7-3;1-9-12(10-2,11-3)7-5-4-6-8;1-2-3/h5-8H2,1-4H3;4-5,7H2,1-3H3;2-3H,1H3. The maximum absolute atomic E-state index is 8.32. The van der Waals surface area contributed by atoms with Crippen LogP contribution in [0.25, 0.3) is 0 Å². The van der Waals surface area contributed by atoms with Crippen LogP contribution < -0.4 is 0 Å². The molecule has 0 amide bonds. The first-order valence-electron chi connectivity index (χ1n) is 9.26. The molecule has 0 heterocycles. The Balaban J connectivity index is -0.000000372. The fraction of sp³-hybridized carbons (Fsp3) is 0.882. The third-order valence-corrected chi connectivity index (χ3v) is 9.11. The molecule has 27 heavy (non-hydrogen) atoms. The Labute approximate surface area is 174 Å². The van der Waals surface area contributed by atoms with Gasteiger partial charge in [-0.2, -0.15) is 17.9 Å². The lowest BCUT2D eigenvalue weighted by atomic mass is 10.4. The van der Waals surface area contributed by atoms with E-state index in [1.807, 2.05) is 34.6 Å². The Morgan fingerprint density at radius 2 is 1.22 bits per heavy atom. The normalized spacial score (nSPS) is 11.0. The lowest BCUT2D eigenvalue weighted by Gasteiger charge is -2.26. The minimum atomic E-state index is -2.41. The summed E-state index contributed by atoms with van der Waals surface area (Å²) < 4.78 is 32.2. The molecule has 0 aliphatic heterocycles. The molecule has 0 atom stereocenters. The van der Waals surface area contributed by atoms with Gasteiger partial charge in [-0.15, -0.1) is 0 Å². The Morgan fingerprint density at radius 1 is 0.852 bits per heavy atom. The number of rotatable bonds is 13. The predicted octanol–water partition coefficient (Wildman–Crippen LogP) is 4.32. The largest absolute Gasteiger partial charge is 0.500 e. The van der Waals surface area contributed by atoms with E-state index in [-0.39, 0.29) is 0 Å². The molecule has 0 aliphatic carbocycles. The molecule has 0 N–H and O–H groups in total. The average molecular weight is 443 g/mol. The molecule has 163 valence electrons. The molecule has 10 heteroatoms. The number of hydrogen-bond donors (Lipinski definition) is 1. The zero-order valence-corrected chi connectivity index (χ0v) is 21.3. The van der Waals surface area contributed by atoms with Gasteiger partial charge in [0.25, 0.3) is 0 Å². The summed E-state index contributed by atoms with van der Waals surface area (Å²) in [5.74, 6) is 1.69. The van der Waals surface area contributed by atoms with Crippen molar-refractivity contribution in [2.24, 2.45) is 0 Å². The van der Waals surface area contributed by atoms with Crippen LogP contribution in [0.2, 0.25) is 12.1 Å². The van der Waals surface area contributed by atoms with E-state index in [0.717, 1.165) is 12.5 Å². The second-order valence-electron chi connectivity index (χ2n) is 4.90. The summed E-state index contributed by atoms with van der Waals surface area (Å²) >= 11 is 3.66. The Hall–Kier alpha value is 0.0338. The molecule has 0 saturated heterocycles. The zero-order chi connectivity index (χ0) is 21.6. The molecular formula is C17H40NO6SSi2. The van der Waals surface area contributed by atoms with Crippen molar-refractivity contribution in [3.63, 3.8) is 0 Å². The summed E-state index contributed by atoms with van der Waals surface area (Å²) in [4.78, 5) is 0. The second kappa shape index (κ2) is 22.3. The minimum Gasteiger partial charge on any atom is -0.377 e. The van der Waals surface area contributed by atoms with Crippen LogP contribution >= 0.6 is 12.6 Å². The molecule has 0 saturated carbocycles. The molecule has 0 rings (SSSR count). The molecule has 0 aromatic rings. The molecule has 0 bridgehead atoms. The van der Waals surface area contributed by atoms with Gasteiger partial charge in [0.15, 0.2) is 0 Å². The van der Waals surface area contributed by atoms with Crippen molar-refractivity contribution in [3.8, 4) is 6.07 Å². The van der Waals surface area contributed by atoms with Crippen molar-refractivity contribution in [1.29, 1.82) is 5.26 Å². The molecule has 0 aromatic heterocycles. The van der Waals surface area contributed by atoms with E-state index in [1.54, 1.807) is 27.1 Å². The Bertz CT molecular complexity index is 319. The zero-order valence-electron chi connectivity index (χ0n) is 18.4. The van der Waals surface area contributed by atoms with Crippen molar-refractivity contribution < 1.29 is 26.6 Å². The van der Waals surface area contributed by atoms with Crippen molar-refractivity contribution in [2.45, 2.75) is 59.5 Å². The van der Waals surface area contributed by atoms with E-state index in [1.165, 1.54) is 0 Å². The van der Waals surface area contributed by atoms with Gasteiger partial charge in [0.1, 0.15) is 0 Å². The van der Waals surface area contributed by atoms with Gasteiger partial charge in [0.2, 0.25) is 0 Å². The molecule has 0 aromatic carbocycles. The summed E-state index contributed by atoms with van der Waals surface area (Å²) in [7, 11) is 0.0498. The lowest BCUT2D eigenvalue weighted by Crippen LogP contribution is -2.45. The van der Waals surface area contributed by atoms with Gasteiger partial charge in [-0.05, 0) is 27.2 Å². The highest BCUT2D eigenvalue weighted by molar-refractivity contribution is 7.82. The number of nitrogens with zero attached hydrogens (tertiary/aromatic N) is 1. The number of nitriles is 1. The summed E-state index contributed by atoms with van der Waals surface area (Å²) in [5.41, 5.74) is 0. The first-order chi connectivity index (χ1) is 12.9. The van der Waals surface area contributed by atoms with Crippen LogP contribution in [0, 0.1) is 17.1 Å². The maximum Gasteiger partial charge on any atom is 0.500 e. The molecule has 7 nitrogen and oxygen atoms in total. The first-order valence-corrected chi connectivity index (χ1v) is 13.6. The minimum absolute atomic E-state index is 0.519. The fourth-order valence-electron chi connectivity index (χ4n) is 2.03.